The zero-order valence-electron chi connectivity index (χ0n) is 9.18. The lowest BCUT2D eigenvalue weighted by molar-refractivity contribution is -0.156. The van der Waals surface area contributed by atoms with Crippen LogP contribution in [0.1, 0.15) is 52.4 Å². The highest BCUT2D eigenvalue weighted by molar-refractivity contribution is 5.80. The summed E-state index contributed by atoms with van der Waals surface area (Å²) in [4.78, 5) is 11.5. The van der Waals surface area contributed by atoms with E-state index in [1.807, 2.05) is 6.92 Å². The highest BCUT2D eigenvalue weighted by atomic mass is 16.3. The molecule has 2 aliphatic carbocycles. The molecule has 1 N–H and O–H groups in total. The van der Waals surface area contributed by atoms with Gasteiger partial charge in [0.2, 0.25) is 0 Å². The molecule has 2 fully saturated rings. The van der Waals surface area contributed by atoms with Gasteiger partial charge in [0, 0.05) is 18.3 Å². The van der Waals surface area contributed by atoms with Crippen molar-refractivity contribution >= 4 is 5.78 Å². The maximum Gasteiger partial charge on any atom is 0.133 e. The van der Waals surface area contributed by atoms with E-state index in [0.29, 0.717) is 18.1 Å². The molecule has 0 heterocycles. The third-order valence-electron chi connectivity index (χ3n) is 4.68. The average molecular weight is 196 g/mol. The van der Waals surface area contributed by atoms with E-state index in [0.717, 1.165) is 25.7 Å². The van der Waals surface area contributed by atoms with Crippen LogP contribution in [0.4, 0.5) is 0 Å². The van der Waals surface area contributed by atoms with Gasteiger partial charge in [-0.15, -0.1) is 0 Å². The van der Waals surface area contributed by atoms with Crippen LogP contribution < -0.4 is 0 Å². The Morgan fingerprint density at radius 2 is 2.07 bits per heavy atom. The number of ketones is 1. The number of hydrogen-bond donors (Lipinski definition) is 1. The van der Waals surface area contributed by atoms with Gasteiger partial charge in [-0.3, -0.25) is 4.79 Å². The van der Waals surface area contributed by atoms with E-state index < -0.39 is 5.60 Å². The fourth-order valence-electron chi connectivity index (χ4n) is 3.37. The van der Waals surface area contributed by atoms with E-state index in [2.05, 4.69) is 6.92 Å². The molecule has 0 aromatic rings. The first-order valence-electron chi connectivity index (χ1n) is 5.70. The molecule has 2 heteroatoms. The summed E-state index contributed by atoms with van der Waals surface area (Å²) in [5, 5.41) is 10.4. The van der Waals surface area contributed by atoms with E-state index in [-0.39, 0.29) is 5.41 Å². The molecule has 0 amide bonds. The quantitative estimate of drug-likeness (QED) is 0.645. The van der Waals surface area contributed by atoms with Crippen LogP contribution >= 0.6 is 0 Å². The second-order valence-corrected chi connectivity index (χ2v) is 5.53. The molecule has 0 aromatic carbocycles. The highest BCUT2D eigenvalue weighted by Gasteiger charge is 2.53. The highest BCUT2D eigenvalue weighted by Crippen LogP contribution is 2.54. The summed E-state index contributed by atoms with van der Waals surface area (Å²) in [6.07, 6.45) is 5.47. The van der Waals surface area contributed by atoms with Crippen molar-refractivity contribution in [2.45, 2.75) is 58.0 Å². The van der Waals surface area contributed by atoms with Gasteiger partial charge in [0.25, 0.3) is 0 Å². The molecule has 80 valence electrons. The van der Waals surface area contributed by atoms with Crippen LogP contribution in [0.3, 0.4) is 0 Å². The summed E-state index contributed by atoms with van der Waals surface area (Å²) in [5.41, 5.74) is -0.785. The van der Waals surface area contributed by atoms with Gasteiger partial charge in [-0.2, -0.15) is 0 Å². The minimum atomic E-state index is -0.633. The Morgan fingerprint density at radius 1 is 1.36 bits per heavy atom. The summed E-state index contributed by atoms with van der Waals surface area (Å²) >= 11 is 0. The van der Waals surface area contributed by atoms with Gasteiger partial charge in [-0.1, -0.05) is 13.3 Å². The molecule has 14 heavy (non-hydrogen) atoms. The molecular formula is C12H20O2. The molecule has 3 atom stereocenters. The number of rotatable bonds is 0. The summed E-state index contributed by atoms with van der Waals surface area (Å²) in [6, 6.07) is 0. The van der Waals surface area contributed by atoms with Gasteiger partial charge in [-0.05, 0) is 32.1 Å². The standard InChI is InChI=1S/C12H20O2/c1-11-8-10(13)6-5-9(11)4-3-7-12(11,2)14/h9,14H,3-8H2,1-2H3/t9-,11+,12+/m1/s1. The van der Waals surface area contributed by atoms with Crippen molar-refractivity contribution in [2.75, 3.05) is 0 Å². The van der Waals surface area contributed by atoms with Gasteiger partial charge < -0.3 is 5.11 Å². The predicted molar refractivity (Wildman–Crippen MR) is 54.9 cm³/mol. The van der Waals surface area contributed by atoms with E-state index in [1.165, 1.54) is 6.42 Å². The van der Waals surface area contributed by atoms with E-state index in [1.54, 1.807) is 0 Å². The monoisotopic (exact) mass is 196 g/mol. The Bertz CT molecular complexity index is 257. The number of hydrogen-bond acceptors (Lipinski definition) is 2. The Kier molecular flexibility index (Phi) is 2.22. The van der Waals surface area contributed by atoms with Crippen LogP contribution in [0.25, 0.3) is 0 Å². The van der Waals surface area contributed by atoms with Crippen molar-refractivity contribution in [3.05, 3.63) is 0 Å². The first kappa shape index (κ1) is 10.2. The lowest BCUT2D eigenvalue weighted by atomic mass is 9.53. The van der Waals surface area contributed by atoms with E-state index >= 15 is 0 Å². The van der Waals surface area contributed by atoms with Crippen LogP contribution in [0.2, 0.25) is 0 Å². The van der Waals surface area contributed by atoms with Gasteiger partial charge in [-0.25, -0.2) is 0 Å². The number of carbonyl (C=O) groups is 1. The van der Waals surface area contributed by atoms with E-state index in [4.69, 9.17) is 0 Å². The van der Waals surface area contributed by atoms with Crippen LogP contribution in [-0.4, -0.2) is 16.5 Å². The summed E-state index contributed by atoms with van der Waals surface area (Å²) in [6.45, 7) is 4.02. The second kappa shape index (κ2) is 3.06. The SMILES string of the molecule is C[C@]1(O)CCC[C@@H]2CCC(=O)C[C@@]21C. The van der Waals surface area contributed by atoms with E-state index in [9.17, 15) is 9.90 Å². The fraction of sp³-hybridized carbons (Fsp3) is 0.917. The predicted octanol–water partition coefficient (Wildman–Crippen LogP) is 2.30. The molecule has 0 bridgehead atoms. The first-order valence-corrected chi connectivity index (χ1v) is 5.70. The van der Waals surface area contributed by atoms with Crippen LogP contribution in [0.5, 0.6) is 0 Å². The van der Waals surface area contributed by atoms with Gasteiger partial charge in [0.15, 0.2) is 0 Å². The lowest BCUT2D eigenvalue weighted by Gasteiger charge is -2.53. The maximum atomic E-state index is 11.5. The molecule has 0 radical (unpaired) electrons. The van der Waals surface area contributed by atoms with Gasteiger partial charge in [0.1, 0.15) is 5.78 Å². The van der Waals surface area contributed by atoms with Crippen LogP contribution in [0.15, 0.2) is 0 Å². The number of Topliss-reactive ketones (excluding diaryl/α,β-unsaturated/α-hetero) is 1. The summed E-state index contributed by atoms with van der Waals surface area (Å²) in [7, 11) is 0. The number of carbonyl (C=O) groups excluding carboxylic acids is 1. The zero-order valence-corrected chi connectivity index (χ0v) is 9.18. The third kappa shape index (κ3) is 1.31. The molecule has 2 rings (SSSR count). The molecule has 0 spiro atoms. The van der Waals surface area contributed by atoms with Crippen molar-refractivity contribution < 1.29 is 9.90 Å². The van der Waals surface area contributed by atoms with Crippen molar-refractivity contribution in [1.29, 1.82) is 0 Å². The lowest BCUT2D eigenvalue weighted by Crippen LogP contribution is -2.54. The van der Waals surface area contributed by atoms with Crippen LogP contribution in [0, 0.1) is 11.3 Å². The Labute approximate surface area is 85.7 Å². The Morgan fingerprint density at radius 3 is 2.79 bits per heavy atom. The molecule has 2 aliphatic rings. The normalized spacial score (nSPS) is 48.8. The third-order valence-corrected chi connectivity index (χ3v) is 4.68. The largest absolute Gasteiger partial charge is 0.390 e. The van der Waals surface area contributed by atoms with Crippen molar-refractivity contribution in [3.63, 3.8) is 0 Å². The zero-order chi connectivity index (χ0) is 10.4. The second-order valence-electron chi connectivity index (χ2n) is 5.53. The van der Waals surface area contributed by atoms with Crippen molar-refractivity contribution in [1.82, 2.24) is 0 Å². The van der Waals surface area contributed by atoms with Gasteiger partial charge in [0.05, 0.1) is 5.60 Å². The molecule has 2 nitrogen and oxygen atoms in total. The minimum Gasteiger partial charge on any atom is -0.390 e. The maximum absolute atomic E-state index is 11.5. The first-order chi connectivity index (χ1) is 6.46. The van der Waals surface area contributed by atoms with Gasteiger partial charge >= 0.3 is 0 Å². The van der Waals surface area contributed by atoms with Crippen molar-refractivity contribution in [2.24, 2.45) is 11.3 Å². The molecule has 0 unspecified atom stereocenters. The topological polar surface area (TPSA) is 37.3 Å². The van der Waals surface area contributed by atoms with Crippen LogP contribution in [-0.2, 0) is 4.79 Å². The Hall–Kier alpha value is -0.370. The number of fused-ring (bicyclic) bond motifs is 1. The molecule has 0 saturated heterocycles. The number of aliphatic hydroxyl groups is 1. The molecule has 0 aromatic heterocycles. The average Bonchev–Trinajstić information content (AvgIpc) is 2.07. The molecule has 2 saturated carbocycles. The summed E-state index contributed by atoms with van der Waals surface area (Å²) < 4.78 is 0. The molecular weight excluding hydrogens is 176 g/mol. The summed E-state index contributed by atoms with van der Waals surface area (Å²) in [5.74, 6) is 0.898. The van der Waals surface area contributed by atoms with Crippen molar-refractivity contribution in [3.8, 4) is 0 Å². The fourth-order valence-corrected chi connectivity index (χ4v) is 3.37. The Balaban J connectivity index is 2.29. The minimum absolute atomic E-state index is 0.152. The molecule has 0 aliphatic heterocycles. The smallest absolute Gasteiger partial charge is 0.133 e.